The molecule has 1 N–H and O–H groups in total. The van der Waals surface area contributed by atoms with Crippen molar-refractivity contribution in [3.05, 3.63) is 51.7 Å². The summed E-state index contributed by atoms with van der Waals surface area (Å²) in [5, 5.41) is 10.8. The molecule has 0 aliphatic heterocycles. The minimum Gasteiger partial charge on any atom is -0.488 e. The van der Waals surface area contributed by atoms with Gasteiger partial charge in [0.2, 0.25) is 0 Å². The van der Waals surface area contributed by atoms with Crippen LogP contribution >= 0.6 is 11.3 Å². The van der Waals surface area contributed by atoms with Crippen molar-refractivity contribution in [3.8, 4) is 17.6 Å². The molecule has 2 nitrogen and oxygen atoms in total. The molecule has 0 bridgehead atoms. The van der Waals surface area contributed by atoms with Gasteiger partial charge < -0.3 is 9.84 Å². The highest BCUT2D eigenvalue weighted by Gasteiger charge is 2.03. The zero-order valence-corrected chi connectivity index (χ0v) is 12.4. The van der Waals surface area contributed by atoms with E-state index < -0.39 is 0 Å². The SMILES string of the molecule is CCc1cccc(OCc2sccc2C#CCCO)c1. The zero-order chi connectivity index (χ0) is 14.2. The minimum absolute atomic E-state index is 0.104. The van der Waals surface area contributed by atoms with Gasteiger partial charge in [0.15, 0.2) is 0 Å². The number of rotatable bonds is 5. The maximum Gasteiger partial charge on any atom is 0.124 e. The molecule has 0 atom stereocenters. The Morgan fingerprint density at radius 3 is 3.00 bits per heavy atom. The maximum atomic E-state index is 8.74. The lowest BCUT2D eigenvalue weighted by molar-refractivity contribution is 0.305. The van der Waals surface area contributed by atoms with Crippen molar-refractivity contribution in [2.24, 2.45) is 0 Å². The van der Waals surface area contributed by atoms with Crippen LogP contribution in [0.3, 0.4) is 0 Å². The lowest BCUT2D eigenvalue weighted by Crippen LogP contribution is -1.95. The van der Waals surface area contributed by atoms with Crippen molar-refractivity contribution in [3.63, 3.8) is 0 Å². The Labute approximate surface area is 124 Å². The third-order valence-electron chi connectivity index (χ3n) is 2.88. The smallest absolute Gasteiger partial charge is 0.124 e. The molecule has 0 fully saturated rings. The predicted molar refractivity (Wildman–Crippen MR) is 83.1 cm³/mol. The number of hydrogen-bond acceptors (Lipinski definition) is 3. The standard InChI is InChI=1S/C17H18O2S/c1-2-14-6-5-8-16(12-14)19-13-17-15(9-11-20-17)7-3-4-10-18/h5-6,8-9,11-12,18H,2,4,10,13H2,1H3. The second-order valence-corrected chi connectivity index (χ2v) is 5.32. The molecular formula is C17H18O2S. The van der Waals surface area contributed by atoms with E-state index in [0.717, 1.165) is 22.6 Å². The van der Waals surface area contributed by atoms with Crippen LogP contribution in [-0.4, -0.2) is 11.7 Å². The monoisotopic (exact) mass is 286 g/mol. The van der Waals surface area contributed by atoms with Crippen LogP contribution < -0.4 is 4.74 Å². The third kappa shape index (κ3) is 4.12. The Balaban J connectivity index is 2.00. The lowest BCUT2D eigenvalue weighted by atomic mass is 10.2. The number of aryl methyl sites for hydroxylation is 1. The highest BCUT2D eigenvalue weighted by Crippen LogP contribution is 2.20. The summed E-state index contributed by atoms with van der Waals surface area (Å²) in [6, 6.07) is 10.2. The molecule has 0 aliphatic rings. The van der Waals surface area contributed by atoms with Gasteiger partial charge in [-0.2, -0.15) is 0 Å². The zero-order valence-electron chi connectivity index (χ0n) is 11.6. The van der Waals surface area contributed by atoms with Crippen LogP contribution in [0.15, 0.2) is 35.7 Å². The van der Waals surface area contributed by atoms with Crippen LogP contribution in [0.4, 0.5) is 0 Å². The van der Waals surface area contributed by atoms with Gasteiger partial charge >= 0.3 is 0 Å². The molecule has 1 aromatic carbocycles. The van der Waals surface area contributed by atoms with E-state index in [2.05, 4.69) is 30.9 Å². The Morgan fingerprint density at radius 2 is 2.20 bits per heavy atom. The molecule has 0 saturated carbocycles. The number of ether oxygens (including phenoxy) is 1. The fourth-order valence-corrected chi connectivity index (χ4v) is 2.52. The Bertz CT molecular complexity index is 605. The van der Waals surface area contributed by atoms with Gasteiger partial charge in [-0.3, -0.25) is 0 Å². The molecule has 20 heavy (non-hydrogen) atoms. The van der Waals surface area contributed by atoms with Gasteiger partial charge in [-0.1, -0.05) is 30.9 Å². The molecule has 1 heterocycles. The molecule has 0 unspecified atom stereocenters. The van der Waals surface area contributed by atoms with Gasteiger partial charge in [0.1, 0.15) is 12.4 Å². The largest absolute Gasteiger partial charge is 0.488 e. The topological polar surface area (TPSA) is 29.5 Å². The summed E-state index contributed by atoms with van der Waals surface area (Å²) < 4.78 is 5.83. The molecule has 0 saturated heterocycles. The molecule has 2 aromatic rings. The molecule has 2 rings (SSSR count). The van der Waals surface area contributed by atoms with E-state index >= 15 is 0 Å². The van der Waals surface area contributed by atoms with Gasteiger partial charge in [-0.15, -0.1) is 11.3 Å². The highest BCUT2D eigenvalue weighted by atomic mass is 32.1. The summed E-state index contributed by atoms with van der Waals surface area (Å²) in [7, 11) is 0. The average molecular weight is 286 g/mol. The van der Waals surface area contributed by atoms with Gasteiger partial charge in [-0.25, -0.2) is 0 Å². The second-order valence-electron chi connectivity index (χ2n) is 4.32. The first kappa shape index (κ1) is 14.6. The summed E-state index contributed by atoms with van der Waals surface area (Å²) in [6.45, 7) is 2.77. The number of hydrogen-bond donors (Lipinski definition) is 1. The van der Waals surface area contributed by atoms with Crippen LogP contribution in [0.25, 0.3) is 0 Å². The minimum atomic E-state index is 0.104. The van der Waals surface area contributed by atoms with E-state index in [4.69, 9.17) is 9.84 Å². The highest BCUT2D eigenvalue weighted by molar-refractivity contribution is 7.10. The summed E-state index contributed by atoms with van der Waals surface area (Å²) in [5.41, 5.74) is 2.27. The van der Waals surface area contributed by atoms with Gasteiger partial charge in [0, 0.05) is 12.0 Å². The van der Waals surface area contributed by atoms with Crippen molar-refractivity contribution in [1.29, 1.82) is 0 Å². The van der Waals surface area contributed by atoms with E-state index in [0.29, 0.717) is 13.0 Å². The van der Waals surface area contributed by atoms with Crippen LogP contribution in [0.5, 0.6) is 5.75 Å². The van der Waals surface area contributed by atoms with Crippen molar-refractivity contribution in [1.82, 2.24) is 0 Å². The van der Waals surface area contributed by atoms with Crippen molar-refractivity contribution in [2.75, 3.05) is 6.61 Å². The molecule has 0 radical (unpaired) electrons. The number of benzene rings is 1. The lowest BCUT2D eigenvalue weighted by Gasteiger charge is -2.06. The molecule has 104 valence electrons. The van der Waals surface area contributed by atoms with Crippen LogP contribution in [0.1, 0.15) is 29.3 Å². The molecule has 3 heteroatoms. The van der Waals surface area contributed by atoms with Gasteiger partial charge in [-0.05, 0) is 35.6 Å². The molecule has 0 amide bonds. The fraction of sp³-hybridized carbons (Fsp3) is 0.294. The molecule has 0 aliphatic carbocycles. The molecule has 0 spiro atoms. The normalized spacial score (nSPS) is 9.90. The quantitative estimate of drug-likeness (QED) is 0.851. The Morgan fingerprint density at radius 1 is 1.30 bits per heavy atom. The Kier molecular flexibility index (Phi) is 5.67. The molecule has 1 aromatic heterocycles. The summed E-state index contributed by atoms with van der Waals surface area (Å²) in [4.78, 5) is 1.12. The van der Waals surface area contributed by atoms with Crippen LogP contribution in [-0.2, 0) is 13.0 Å². The maximum absolute atomic E-state index is 8.74. The van der Waals surface area contributed by atoms with Crippen LogP contribution in [0, 0.1) is 11.8 Å². The van der Waals surface area contributed by atoms with E-state index in [1.165, 1.54) is 5.56 Å². The van der Waals surface area contributed by atoms with E-state index in [1.54, 1.807) is 11.3 Å². The van der Waals surface area contributed by atoms with Crippen molar-refractivity contribution in [2.45, 2.75) is 26.4 Å². The number of aliphatic hydroxyl groups excluding tert-OH is 1. The second kappa shape index (κ2) is 7.74. The van der Waals surface area contributed by atoms with E-state index in [9.17, 15) is 0 Å². The average Bonchev–Trinajstić information content (AvgIpc) is 2.93. The first-order chi connectivity index (χ1) is 9.83. The van der Waals surface area contributed by atoms with Crippen molar-refractivity contribution >= 4 is 11.3 Å². The van der Waals surface area contributed by atoms with E-state index in [1.807, 2.05) is 23.6 Å². The predicted octanol–water partition coefficient (Wildman–Crippen LogP) is 3.62. The first-order valence-electron chi connectivity index (χ1n) is 6.71. The number of thiophene rings is 1. The van der Waals surface area contributed by atoms with E-state index in [-0.39, 0.29) is 6.61 Å². The molecular weight excluding hydrogens is 268 g/mol. The Hall–Kier alpha value is -1.76. The first-order valence-corrected chi connectivity index (χ1v) is 7.59. The van der Waals surface area contributed by atoms with Crippen LogP contribution in [0.2, 0.25) is 0 Å². The summed E-state index contributed by atoms with van der Waals surface area (Å²) >= 11 is 1.65. The summed E-state index contributed by atoms with van der Waals surface area (Å²) in [6.07, 6.45) is 1.52. The fourth-order valence-electron chi connectivity index (χ4n) is 1.78. The van der Waals surface area contributed by atoms with Crippen molar-refractivity contribution < 1.29 is 9.84 Å². The number of aliphatic hydroxyl groups is 1. The van der Waals surface area contributed by atoms with Gasteiger partial charge in [0.05, 0.1) is 11.5 Å². The summed E-state index contributed by atoms with van der Waals surface area (Å²) in [5.74, 6) is 6.91. The third-order valence-corrected chi connectivity index (χ3v) is 3.78. The van der Waals surface area contributed by atoms with Gasteiger partial charge in [0.25, 0.3) is 0 Å².